The number of carbonyl (C=O) groups is 1. The lowest BCUT2D eigenvalue weighted by atomic mass is 9.88. The molecule has 20 heavy (non-hydrogen) atoms. The molecule has 0 radical (unpaired) electrons. The van der Waals surface area contributed by atoms with Gasteiger partial charge in [-0.25, -0.2) is 4.39 Å². The van der Waals surface area contributed by atoms with E-state index in [-0.39, 0.29) is 11.6 Å². The van der Waals surface area contributed by atoms with Crippen LogP contribution in [0.1, 0.15) is 36.5 Å². The average Bonchev–Trinajstić information content (AvgIpc) is 2.46. The molecule has 1 saturated heterocycles. The number of amides is 1. The summed E-state index contributed by atoms with van der Waals surface area (Å²) in [5, 5.41) is 0. The van der Waals surface area contributed by atoms with Gasteiger partial charge < -0.3 is 16.4 Å². The average molecular weight is 279 g/mol. The van der Waals surface area contributed by atoms with Crippen LogP contribution in [0.25, 0.3) is 0 Å². The van der Waals surface area contributed by atoms with Gasteiger partial charge in [-0.05, 0) is 37.0 Å². The van der Waals surface area contributed by atoms with E-state index in [1.807, 2.05) is 4.90 Å². The van der Waals surface area contributed by atoms with E-state index in [0.717, 1.165) is 25.8 Å². The van der Waals surface area contributed by atoms with Crippen molar-refractivity contribution in [1.29, 1.82) is 0 Å². The van der Waals surface area contributed by atoms with Crippen molar-refractivity contribution < 1.29 is 9.18 Å². The van der Waals surface area contributed by atoms with Gasteiger partial charge in [-0.3, -0.25) is 4.79 Å². The molecule has 110 valence electrons. The Morgan fingerprint density at radius 1 is 1.50 bits per heavy atom. The Kier molecular flexibility index (Phi) is 4.60. The summed E-state index contributed by atoms with van der Waals surface area (Å²) in [7, 11) is 0. The van der Waals surface area contributed by atoms with Crippen LogP contribution in [0.4, 0.5) is 10.1 Å². The summed E-state index contributed by atoms with van der Waals surface area (Å²) in [6.45, 7) is 3.48. The zero-order chi connectivity index (χ0) is 14.7. The van der Waals surface area contributed by atoms with Crippen molar-refractivity contribution in [2.75, 3.05) is 18.0 Å². The van der Waals surface area contributed by atoms with Gasteiger partial charge in [-0.15, -0.1) is 0 Å². The minimum atomic E-state index is -0.615. The van der Waals surface area contributed by atoms with Crippen molar-refractivity contribution in [2.45, 2.75) is 32.2 Å². The SMILES string of the molecule is CCC1CCN(c2ccc(C(N)=O)cc2F)C(CN)C1. The Morgan fingerprint density at radius 2 is 2.25 bits per heavy atom. The zero-order valence-electron chi connectivity index (χ0n) is 11.8. The number of piperidine rings is 1. The van der Waals surface area contributed by atoms with E-state index in [4.69, 9.17) is 11.5 Å². The first kappa shape index (κ1) is 14.8. The van der Waals surface area contributed by atoms with Crippen molar-refractivity contribution in [1.82, 2.24) is 0 Å². The first-order valence-electron chi connectivity index (χ1n) is 7.12. The van der Waals surface area contributed by atoms with E-state index in [1.54, 1.807) is 12.1 Å². The van der Waals surface area contributed by atoms with E-state index < -0.39 is 11.7 Å². The van der Waals surface area contributed by atoms with Gasteiger partial charge in [0.05, 0.1) is 5.69 Å². The number of primary amides is 1. The fourth-order valence-electron chi connectivity index (χ4n) is 2.94. The van der Waals surface area contributed by atoms with Gasteiger partial charge in [0.1, 0.15) is 5.82 Å². The van der Waals surface area contributed by atoms with Crippen molar-refractivity contribution in [3.63, 3.8) is 0 Å². The molecule has 2 atom stereocenters. The Balaban J connectivity index is 2.24. The predicted molar refractivity (Wildman–Crippen MR) is 78.1 cm³/mol. The molecule has 1 aromatic carbocycles. The standard InChI is InChI=1S/C15H22FN3O/c1-2-10-5-6-19(12(7-10)9-17)14-4-3-11(15(18)20)8-13(14)16/h3-4,8,10,12H,2,5-7,9,17H2,1H3,(H2,18,20). The van der Waals surface area contributed by atoms with Crippen LogP contribution in [0.15, 0.2) is 18.2 Å². The fourth-order valence-corrected chi connectivity index (χ4v) is 2.94. The molecule has 0 aromatic heterocycles. The molecule has 1 heterocycles. The maximum atomic E-state index is 14.2. The normalized spacial score (nSPS) is 22.9. The molecule has 5 heteroatoms. The van der Waals surface area contributed by atoms with Gasteiger partial charge in [-0.1, -0.05) is 13.3 Å². The molecule has 0 bridgehead atoms. The summed E-state index contributed by atoms with van der Waals surface area (Å²) < 4.78 is 14.2. The largest absolute Gasteiger partial charge is 0.366 e. The number of nitrogens with zero attached hydrogens (tertiary/aromatic N) is 1. The molecule has 1 aliphatic rings. The number of hydrogen-bond donors (Lipinski definition) is 2. The van der Waals surface area contributed by atoms with Crippen LogP contribution in [0.3, 0.4) is 0 Å². The first-order chi connectivity index (χ1) is 9.56. The predicted octanol–water partition coefficient (Wildman–Crippen LogP) is 1.88. The molecule has 0 spiro atoms. The van der Waals surface area contributed by atoms with Crippen molar-refractivity contribution >= 4 is 11.6 Å². The molecule has 1 aliphatic heterocycles. The lowest BCUT2D eigenvalue weighted by molar-refractivity contribution is 0.1000. The second-order valence-electron chi connectivity index (χ2n) is 5.41. The molecule has 1 fully saturated rings. The van der Waals surface area contributed by atoms with Crippen molar-refractivity contribution in [3.05, 3.63) is 29.6 Å². The van der Waals surface area contributed by atoms with E-state index >= 15 is 0 Å². The van der Waals surface area contributed by atoms with E-state index in [1.165, 1.54) is 6.07 Å². The molecule has 4 N–H and O–H groups in total. The molecular weight excluding hydrogens is 257 g/mol. The Labute approximate surface area is 118 Å². The maximum absolute atomic E-state index is 14.2. The summed E-state index contributed by atoms with van der Waals surface area (Å²) in [5.41, 5.74) is 11.7. The van der Waals surface area contributed by atoms with Gasteiger partial charge >= 0.3 is 0 Å². The van der Waals surface area contributed by atoms with E-state index in [9.17, 15) is 9.18 Å². The topological polar surface area (TPSA) is 72.3 Å². The minimum absolute atomic E-state index is 0.155. The van der Waals surface area contributed by atoms with Crippen LogP contribution in [0.2, 0.25) is 0 Å². The van der Waals surface area contributed by atoms with Gasteiger partial charge in [0.2, 0.25) is 5.91 Å². The molecule has 2 rings (SSSR count). The summed E-state index contributed by atoms with van der Waals surface area (Å²) in [5.74, 6) is -0.363. The maximum Gasteiger partial charge on any atom is 0.248 e. The number of hydrogen-bond acceptors (Lipinski definition) is 3. The second kappa shape index (κ2) is 6.22. The highest BCUT2D eigenvalue weighted by Gasteiger charge is 2.28. The fraction of sp³-hybridized carbons (Fsp3) is 0.533. The molecule has 0 saturated carbocycles. The van der Waals surface area contributed by atoms with Crippen molar-refractivity contribution in [3.8, 4) is 0 Å². The highest BCUT2D eigenvalue weighted by atomic mass is 19.1. The zero-order valence-corrected chi connectivity index (χ0v) is 11.8. The number of rotatable bonds is 4. The van der Waals surface area contributed by atoms with Crippen LogP contribution < -0.4 is 16.4 Å². The lowest BCUT2D eigenvalue weighted by Crippen LogP contribution is -2.47. The summed E-state index contributed by atoms with van der Waals surface area (Å²) in [6.07, 6.45) is 3.17. The van der Waals surface area contributed by atoms with E-state index in [2.05, 4.69) is 6.92 Å². The van der Waals surface area contributed by atoms with Crippen LogP contribution in [-0.4, -0.2) is 25.0 Å². The van der Waals surface area contributed by atoms with Crippen molar-refractivity contribution in [2.24, 2.45) is 17.4 Å². The number of benzene rings is 1. The number of carbonyl (C=O) groups excluding carboxylic acids is 1. The number of nitrogens with two attached hydrogens (primary N) is 2. The summed E-state index contributed by atoms with van der Waals surface area (Å²) >= 11 is 0. The smallest absolute Gasteiger partial charge is 0.248 e. The third-order valence-corrected chi connectivity index (χ3v) is 4.22. The van der Waals surface area contributed by atoms with Crippen LogP contribution in [-0.2, 0) is 0 Å². The van der Waals surface area contributed by atoms with Gasteiger partial charge in [0, 0.05) is 24.7 Å². The second-order valence-corrected chi connectivity index (χ2v) is 5.41. The minimum Gasteiger partial charge on any atom is -0.366 e. The first-order valence-corrected chi connectivity index (χ1v) is 7.12. The van der Waals surface area contributed by atoms with Crippen LogP contribution in [0, 0.1) is 11.7 Å². The Morgan fingerprint density at radius 3 is 2.80 bits per heavy atom. The molecular formula is C15H22FN3O. The van der Waals surface area contributed by atoms with Gasteiger partial charge in [0.25, 0.3) is 0 Å². The highest BCUT2D eigenvalue weighted by molar-refractivity contribution is 5.93. The summed E-state index contributed by atoms with van der Waals surface area (Å²) in [6, 6.07) is 4.56. The van der Waals surface area contributed by atoms with Gasteiger partial charge in [-0.2, -0.15) is 0 Å². The molecule has 2 unspecified atom stereocenters. The molecule has 0 aliphatic carbocycles. The Bertz CT molecular complexity index is 492. The third-order valence-electron chi connectivity index (χ3n) is 4.22. The van der Waals surface area contributed by atoms with Crippen LogP contribution >= 0.6 is 0 Å². The Hall–Kier alpha value is -1.62. The van der Waals surface area contributed by atoms with Gasteiger partial charge in [0.15, 0.2) is 0 Å². The molecule has 1 aromatic rings. The monoisotopic (exact) mass is 279 g/mol. The highest BCUT2D eigenvalue weighted by Crippen LogP contribution is 2.31. The molecule has 1 amide bonds. The number of anilines is 1. The summed E-state index contributed by atoms with van der Waals surface area (Å²) in [4.78, 5) is 13.1. The van der Waals surface area contributed by atoms with E-state index in [0.29, 0.717) is 18.2 Å². The quantitative estimate of drug-likeness (QED) is 0.884. The van der Waals surface area contributed by atoms with Crippen LogP contribution in [0.5, 0.6) is 0 Å². The third kappa shape index (κ3) is 2.93. The lowest BCUT2D eigenvalue weighted by Gasteiger charge is -2.40. The molecule has 4 nitrogen and oxygen atoms in total. The number of halogens is 1.